The highest BCUT2D eigenvalue weighted by Crippen LogP contribution is 2.39. The number of hydrogen-bond donors (Lipinski definition) is 2. The first-order valence-electron chi connectivity index (χ1n) is 13.8. The van der Waals surface area contributed by atoms with Gasteiger partial charge in [-0.25, -0.2) is 0 Å². The Balaban J connectivity index is 1.45. The molecule has 2 aliphatic heterocycles. The zero-order chi connectivity index (χ0) is 28.8. The molecule has 0 spiro atoms. The zero-order valence-electron chi connectivity index (χ0n) is 23.0. The van der Waals surface area contributed by atoms with Gasteiger partial charge in [-0.1, -0.05) is 37.3 Å². The van der Waals surface area contributed by atoms with Crippen molar-refractivity contribution in [3.8, 4) is 0 Å². The molecule has 0 atom stereocenters. The number of fused-ring (bicyclic) bond motifs is 1. The molecule has 10 nitrogen and oxygen atoms in total. The Labute approximate surface area is 238 Å². The Morgan fingerprint density at radius 1 is 1.07 bits per heavy atom. The van der Waals surface area contributed by atoms with Crippen LogP contribution in [0.3, 0.4) is 0 Å². The quantitative estimate of drug-likeness (QED) is 0.206. The second kappa shape index (κ2) is 12.8. The molecule has 0 aromatic heterocycles. The van der Waals surface area contributed by atoms with E-state index in [1.54, 1.807) is 6.07 Å². The summed E-state index contributed by atoms with van der Waals surface area (Å²) in [5.41, 5.74) is 4.01. The van der Waals surface area contributed by atoms with Crippen molar-refractivity contribution in [1.82, 2.24) is 4.90 Å². The molecule has 3 aromatic carbocycles. The highest BCUT2D eigenvalue weighted by molar-refractivity contribution is 6.37. The summed E-state index contributed by atoms with van der Waals surface area (Å²) in [7, 11) is 0. The second-order valence-corrected chi connectivity index (χ2v) is 9.98. The van der Waals surface area contributed by atoms with E-state index in [4.69, 9.17) is 4.74 Å². The summed E-state index contributed by atoms with van der Waals surface area (Å²) in [6.07, 6.45) is 1.23. The molecular formula is C31H33N5O5. The molecule has 3 aromatic rings. The topological polar surface area (TPSA) is 117 Å². The lowest BCUT2D eigenvalue weighted by Gasteiger charge is -2.30. The van der Waals surface area contributed by atoms with E-state index >= 15 is 0 Å². The van der Waals surface area contributed by atoms with Gasteiger partial charge < -0.3 is 20.3 Å². The Kier molecular flexibility index (Phi) is 8.71. The molecule has 10 heteroatoms. The third-order valence-electron chi connectivity index (χ3n) is 7.23. The number of amides is 2. The molecule has 0 saturated carbocycles. The first kappa shape index (κ1) is 28.0. The van der Waals surface area contributed by atoms with Gasteiger partial charge in [0.25, 0.3) is 11.6 Å². The van der Waals surface area contributed by atoms with Gasteiger partial charge in [0.15, 0.2) is 0 Å². The van der Waals surface area contributed by atoms with Crippen molar-refractivity contribution in [1.29, 1.82) is 0 Å². The largest absolute Gasteiger partial charge is 0.379 e. The fourth-order valence-electron chi connectivity index (χ4n) is 5.08. The van der Waals surface area contributed by atoms with Crippen molar-refractivity contribution in [2.45, 2.75) is 19.8 Å². The maximum atomic E-state index is 13.2. The average Bonchev–Trinajstić information content (AvgIpc) is 3.32. The van der Waals surface area contributed by atoms with Crippen molar-refractivity contribution >= 4 is 45.8 Å². The van der Waals surface area contributed by atoms with Gasteiger partial charge in [-0.3, -0.25) is 24.6 Å². The number of anilines is 3. The predicted molar refractivity (Wildman–Crippen MR) is 160 cm³/mol. The predicted octanol–water partition coefficient (Wildman–Crippen LogP) is 4.99. The van der Waals surface area contributed by atoms with Gasteiger partial charge >= 0.3 is 0 Å². The second-order valence-electron chi connectivity index (χ2n) is 9.98. The van der Waals surface area contributed by atoms with Crippen molar-refractivity contribution in [3.63, 3.8) is 0 Å². The molecular weight excluding hydrogens is 522 g/mol. The number of hydrogen-bond acceptors (Lipinski definition) is 7. The fraction of sp³-hybridized carbons (Fsp3) is 0.290. The molecule has 1 saturated heterocycles. The van der Waals surface area contributed by atoms with Gasteiger partial charge in [0.05, 0.1) is 29.4 Å². The number of nitro groups is 1. The van der Waals surface area contributed by atoms with Crippen LogP contribution >= 0.6 is 0 Å². The molecule has 2 aliphatic rings. The van der Waals surface area contributed by atoms with Crippen LogP contribution in [0.5, 0.6) is 0 Å². The number of morpholine rings is 1. The Bertz CT molecular complexity index is 1450. The van der Waals surface area contributed by atoms with Gasteiger partial charge in [0.1, 0.15) is 0 Å². The maximum absolute atomic E-state index is 13.2. The van der Waals surface area contributed by atoms with E-state index in [0.29, 0.717) is 54.4 Å². The molecule has 0 radical (unpaired) electrons. The number of non-ortho nitro benzene ring substituents is 1. The SMILES string of the molecule is CCCC(=O)N(CCN1CCOCC1)c1ccc(N/C(=C2\C(=O)Nc3ccc([N+](=O)[O-])cc32)c2ccccc2)cc1. The fourth-order valence-corrected chi connectivity index (χ4v) is 5.08. The summed E-state index contributed by atoms with van der Waals surface area (Å²) in [4.78, 5) is 41.3. The minimum absolute atomic E-state index is 0.0781. The van der Waals surface area contributed by atoms with Gasteiger partial charge in [-0.2, -0.15) is 0 Å². The van der Waals surface area contributed by atoms with E-state index in [2.05, 4.69) is 15.5 Å². The summed E-state index contributed by atoms with van der Waals surface area (Å²) in [6.45, 7) is 6.47. The van der Waals surface area contributed by atoms with Crippen LogP contribution in [0.15, 0.2) is 72.8 Å². The smallest absolute Gasteiger partial charge is 0.270 e. The van der Waals surface area contributed by atoms with Crippen LogP contribution in [0.25, 0.3) is 11.3 Å². The summed E-state index contributed by atoms with van der Waals surface area (Å²) in [5.74, 6) is -0.266. The zero-order valence-corrected chi connectivity index (χ0v) is 23.0. The van der Waals surface area contributed by atoms with Crippen LogP contribution in [-0.2, 0) is 14.3 Å². The molecule has 212 valence electrons. The standard InChI is InChI=1S/C31H33N5O5/c1-2-6-28(37)35(16-15-34-17-19-41-20-18-34)24-11-9-23(10-12-24)32-30(22-7-4-3-5-8-22)29-26-21-25(36(39)40)13-14-27(26)33-31(29)38/h3-5,7-14,21,32H,2,6,15-20H2,1H3,(H,33,38)/b30-29-. The van der Waals surface area contributed by atoms with Gasteiger partial charge in [0.2, 0.25) is 5.91 Å². The number of nitrogens with one attached hydrogen (secondary N) is 2. The minimum Gasteiger partial charge on any atom is -0.379 e. The van der Waals surface area contributed by atoms with Crippen LogP contribution in [0.2, 0.25) is 0 Å². The lowest BCUT2D eigenvalue weighted by molar-refractivity contribution is -0.384. The lowest BCUT2D eigenvalue weighted by Crippen LogP contribution is -2.43. The van der Waals surface area contributed by atoms with E-state index < -0.39 is 4.92 Å². The normalized spacial score (nSPS) is 16.1. The van der Waals surface area contributed by atoms with E-state index in [-0.39, 0.29) is 17.5 Å². The Morgan fingerprint density at radius 3 is 2.49 bits per heavy atom. The van der Waals surface area contributed by atoms with E-state index in [0.717, 1.165) is 37.3 Å². The average molecular weight is 556 g/mol. The van der Waals surface area contributed by atoms with Crippen molar-refractivity contribution < 1.29 is 19.2 Å². The van der Waals surface area contributed by atoms with Gasteiger partial charge in [0, 0.05) is 67.4 Å². The molecule has 0 aliphatic carbocycles. The van der Waals surface area contributed by atoms with E-state index in [1.807, 2.05) is 66.4 Å². The molecule has 41 heavy (non-hydrogen) atoms. The van der Waals surface area contributed by atoms with Gasteiger partial charge in [-0.15, -0.1) is 0 Å². The molecule has 2 heterocycles. The summed E-state index contributed by atoms with van der Waals surface area (Å²) in [5, 5.41) is 17.7. The van der Waals surface area contributed by atoms with Crippen LogP contribution < -0.4 is 15.5 Å². The summed E-state index contributed by atoms with van der Waals surface area (Å²) < 4.78 is 5.45. The third kappa shape index (κ3) is 6.45. The molecule has 0 unspecified atom stereocenters. The van der Waals surface area contributed by atoms with Crippen molar-refractivity contribution in [2.24, 2.45) is 0 Å². The Hall–Kier alpha value is -4.54. The Morgan fingerprint density at radius 2 is 1.80 bits per heavy atom. The number of carbonyl (C=O) groups excluding carboxylic acids is 2. The molecule has 5 rings (SSSR count). The minimum atomic E-state index is -0.473. The molecule has 2 N–H and O–H groups in total. The van der Waals surface area contributed by atoms with Crippen molar-refractivity contribution in [2.75, 3.05) is 54.9 Å². The number of carbonyl (C=O) groups is 2. The highest BCUT2D eigenvalue weighted by atomic mass is 16.6. The number of ether oxygens (including phenoxy) is 1. The summed E-state index contributed by atoms with van der Waals surface area (Å²) >= 11 is 0. The van der Waals surface area contributed by atoms with Crippen LogP contribution in [0.4, 0.5) is 22.7 Å². The number of nitro benzene ring substituents is 1. The molecule has 0 bridgehead atoms. The number of benzene rings is 3. The number of nitrogens with zero attached hydrogens (tertiary/aromatic N) is 3. The lowest BCUT2D eigenvalue weighted by atomic mass is 9.99. The van der Waals surface area contributed by atoms with E-state index in [1.165, 1.54) is 12.1 Å². The molecule has 2 amide bonds. The van der Waals surface area contributed by atoms with Crippen LogP contribution in [0.1, 0.15) is 30.9 Å². The van der Waals surface area contributed by atoms with Crippen LogP contribution in [-0.4, -0.2) is 61.0 Å². The van der Waals surface area contributed by atoms with Crippen LogP contribution in [0, 0.1) is 10.1 Å². The number of rotatable bonds is 10. The van der Waals surface area contributed by atoms with Crippen molar-refractivity contribution in [3.05, 3.63) is 94.0 Å². The first-order chi connectivity index (χ1) is 19.9. The van der Waals surface area contributed by atoms with E-state index in [9.17, 15) is 19.7 Å². The summed E-state index contributed by atoms with van der Waals surface area (Å²) in [6, 6.07) is 21.3. The molecule has 1 fully saturated rings. The third-order valence-corrected chi connectivity index (χ3v) is 7.23. The van der Waals surface area contributed by atoms with Gasteiger partial charge in [-0.05, 0) is 42.3 Å². The maximum Gasteiger partial charge on any atom is 0.270 e. The highest BCUT2D eigenvalue weighted by Gasteiger charge is 2.30. The monoisotopic (exact) mass is 555 g/mol. The first-order valence-corrected chi connectivity index (χ1v) is 13.8.